The van der Waals surface area contributed by atoms with E-state index in [9.17, 15) is 10.1 Å². The van der Waals surface area contributed by atoms with E-state index >= 15 is 0 Å². The summed E-state index contributed by atoms with van der Waals surface area (Å²) in [6.45, 7) is 6.44. The number of hydrogen-bond acceptors (Lipinski definition) is 6. The van der Waals surface area contributed by atoms with Gasteiger partial charge in [-0.1, -0.05) is 6.42 Å². The summed E-state index contributed by atoms with van der Waals surface area (Å²) in [5.41, 5.74) is 0.810. The van der Waals surface area contributed by atoms with E-state index in [1.165, 1.54) is 25.5 Å². The van der Waals surface area contributed by atoms with Crippen LogP contribution in [0.25, 0.3) is 0 Å². The molecule has 0 amide bonds. The topological polar surface area (TPSA) is 80.5 Å². The van der Waals surface area contributed by atoms with Crippen molar-refractivity contribution in [3.05, 3.63) is 27.9 Å². The summed E-state index contributed by atoms with van der Waals surface area (Å²) in [6, 6.07) is 1.77. The van der Waals surface area contributed by atoms with Crippen molar-refractivity contribution in [2.75, 3.05) is 38.2 Å². The molecule has 1 N–H and O–H groups in total. The zero-order valence-electron chi connectivity index (χ0n) is 14.3. The van der Waals surface area contributed by atoms with Crippen LogP contribution in [0, 0.1) is 17.0 Å². The fourth-order valence-corrected chi connectivity index (χ4v) is 3.82. The van der Waals surface area contributed by atoms with Crippen LogP contribution in [0.1, 0.15) is 37.7 Å². The molecule has 0 radical (unpaired) electrons. The van der Waals surface area contributed by atoms with Crippen molar-refractivity contribution in [1.29, 1.82) is 0 Å². The van der Waals surface area contributed by atoms with E-state index in [2.05, 4.69) is 15.2 Å². The monoisotopic (exact) mass is 334 g/mol. The highest BCUT2D eigenvalue weighted by molar-refractivity contribution is 5.47. The first kappa shape index (κ1) is 17.1. The first-order valence-electron chi connectivity index (χ1n) is 8.78. The van der Waals surface area contributed by atoms with Gasteiger partial charge in [-0.15, -0.1) is 0 Å². The number of anilines is 1. The molecule has 0 bridgehead atoms. The van der Waals surface area contributed by atoms with Gasteiger partial charge in [0.25, 0.3) is 5.69 Å². The van der Waals surface area contributed by atoms with Crippen LogP contribution in [0.2, 0.25) is 0 Å². The Morgan fingerprint density at radius 3 is 2.67 bits per heavy atom. The number of hydrogen-bond donors (Lipinski definition) is 1. The quantitative estimate of drug-likeness (QED) is 0.659. The molecular weight excluding hydrogens is 308 g/mol. The smallest absolute Gasteiger partial charge is 0.290 e. The summed E-state index contributed by atoms with van der Waals surface area (Å²) >= 11 is 0. The largest absolute Gasteiger partial charge is 0.381 e. The van der Waals surface area contributed by atoms with Crippen LogP contribution in [0.15, 0.2) is 12.3 Å². The van der Waals surface area contributed by atoms with Crippen molar-refractivity contribution in [2.45, 2.75) is 44.6 Å². The third-order valence-electron chi connectivity index (χ3n) is 5.33. The average molecular weight is 334 g/mol. The van der Waals surface area contributed by atoms with E-state index in [0.29, 0.717) is 11.4 Å². The van der Waals surface area contributed by atoms with Gasteiger partial charge in [0.2, 0.25) is 0 Å². The number of ether oxygens (including phenoxy) is 1. The van der Waals surface area contributed by atoms with Crippen molar-refractivity contribution in [2.24, 2.45) is 0 Å². The van der Waals surface area contributed by atoms with Crippen molar-refractivity contribution in [1.82, 2.24) is 9.88 Å². The predicted molar refractivity (Wildman–Crippen MR) is 92.3 cm³/mol. The van der Waals surface area contributed by atoms with Crippen LogP contribution in [0.3, 0.4) is 0 Å². The molecule has 2 saturated heterocycles. The molecule has 1 aromatic rings. The first-order valence-corrected chi connectivity index (χ1v) is 8.78. The Balaban J connectivity index is 1.71. The summed E-state index contributed by atoms with van der Waals surface area (Å²) in [5.74, 6) is 0.709. The molecule has 2 aliphatic heterocycles. The molecule has 132 valence electrons. The number of likely N-dealkylation sites (tertiary alicyclic amines) is 1. The summed E-state index contributed by atoms with van der Waals surface area (Å²) in [4.78, 5) is 17.4. The maximum absolute atomic E-state index is 10.9. The number of nitro groups is 1. The first-order chi connectivity index (χ1) is 11.6. The summed E-state index contributed by atoms with van der Waals surface area (Å²) in [7, 11) is 0. The Morgan fingerprint density at radius 2 is 2.04 bits per heavy atom. The van der Waals surface area contributed by atoms with E-state index in [4.69, 9.17) is 4.74 Å². The minimum Gasteiger partial charge on any atom is -0.381 e. The van der Waals surface area contributed by atoms with E-state index in [1.807, 2.05) is 0 Å². The van der Waals surface area contributed by atoms with Gasteiger partial charge >= 0.3 is 0 Å². The van der Waals surface area contributed by atoms with Gasteiger partial charge in [-0.25, -0.2) is 4.98 Å². The lowest BCUT2D eigenvalue weighted by Crippen LogP contribution is -2.57. The molecule has 0 saturated carbocycles. The Hall–Kier alpha value is -1.73. The lowest BCUT2D eigenvalue weighted by molar-refractivity contribution is -0.385. The van der Waals surface area contributed by atoms with Gasteiger partial charge in [-0.05, 0) is 51.8 Å². The predicted octanol–water partition coefficient (Wildman–Crippen LogP) is 2.75. The average Bonchev–Trinajstić information content (AvgIpc) is 2.61. The number of nitrogens with one attached hydrogen (secondary N) is 1. The normalized spacial score (nSPS) is 21.4. The number of nitrogens with zero attached hydrogens (tertiary/aromatic N) is 3. The zero-order valence-corrected chi connectivity index (χ0v) is 14.3. The van der Waals surface area contributed by atoms with Gasteiger partial charge in [-0.3, -0.25) is 15.0 Å². The van der Waals surface area contributed by atoms with Gasteiger partial charge in [-0.2, -0.15) is 0 Å². The Kier molecular flexibility index (Phi) is 5.30. The second kappa shape index (κ2) is 7.44. The molecule has 0 atom stereocenters. The SMILES string of the molecule is Cc1cc(NCC2(N3CCCCC3)CCOCC2)ncc1[N+](=O)[O-]. The van der Waals surface area contributed by atoms with Gasteiger partial charge < -0.3 is 10.1 Å². The molecule has 2 fully saturated rings. The maximum atomic E-state index is 10.9. The van der Waals surface area contributed by atoms with Gasteiger partial charge in [0.1, 0.15) is 12.0 Å². The minimum atomic E-state index is -0.389. The number of aromatic nitrogens is 1. The maximum Gasteiger partial charge on any atom is 0.290 e. The number of pyridine rings is 1. The molecule has 7 nitrogen and oxygen atoms in total. The highest BCUT2D eigenvalue weighted by Gasteiger charge is 2.38. The molecule has 0 aliphatic carbocycles. The lowest BCUT2D eigenvalue weighted by Gasteiger charge is -2.48. The summed E-state index contributed by atoms with van der Waals surface area (Å²) < 4.78 is 5.58. The molecule has 0 unspecified atom stereocenters. The Labute approximate surface area is 142 Å². The molecule has 7 heteroatoms. The van der Waals surface area contributed by atoms with Crippen molar-refractivity contribution in [3.8, 4) is 0 Å². The second-order valence-corrected chi connectivity index (χ2v) is 6.85. The highest BCUT2D eigenvalue weighted by atomic mass is 16.6. The third kappa shape index (κ3) is 3.67. The Bertz CT molecular complexity index is 581. The molecule has 1 aromatic heterocycles. The molecule has 3 heterocycles. The van der Waals surface area contributed by atoms with Crippen LogP contribution in [0.5, 0.6) is 0 Å². The van der Waals surface area contributed by atoms with Crippen LogP contribution < -0.4 is 5.32 Å². The third-order valence-corrected chi connectivity index (χ3v) is 5.33. The van der Waals surface area contributed by atoms with Crippen molar-refractivity contribution < 1.29 is 9.66 Å². The lowest BCUT2D eigenvalue weighted by atomic mass is 9.86. The van der Waals surface area contributed by atoms with E-state index < -0.39 is 0 Å². The fraction of sp³-hybridized carbons (Fsp3) is 0.706. The fourth-order valence-electron chi connectivity index (χ4n) is 3.82. The van der Waals surface area contributed by atoms with Gasteiger partial charge in [0.05, 0.1) is 4.92 Å². The highest BCUT2D eigenvalue weighted by Crippen LogP contribution is 2.31. The molecule has 24 heavy (non-hydrogen) atoms. The molecule has 2 aliphatic rings. The molecule has 0 aromatic carbocycles. The van der Waals surface area contributed by atoms with E-state index in [1.54, 1.807) is 13.0 Å². The second-order valence-electron chi connectivity index (χ2n) is 6.85. The zero-order chi connectivity index (χ0) is 17.0. The van der Waals surface area contributed by atoms with Crippen LogP contribution >= 0.6 is 0 Å². The summed E-state index contributed by atoms with van der Waals surface area (Å²) in [6.07, 6.45) is 7.22. The van der Waals surface area contributed by atoms with Crippen molar-refractivity contribution >= 4 is 11.5 Å². The number of rotatable bonds is 5. The van der Waals surface area contributed by atoms with Crippen LogP contribution in [-0.2, 0) is 4.74 Å². The summed E-state index contributed by atoms with van der Waals surface area (Å²) in [5, 5.41) is 14.3. The molecule has 0 spiro atoms. The van der Waals surface area contributed by atoms with Crippen LogP contribution in [-0.4, -0.2) is 53.2 Å². The Morgan fingerprint density at radius 1 is 1.33 bits per heavy atom. The van der Waals surface area contributed by atoms with E-state index in [-0.39, 0.29) is 16.1 Å². The van der Waals surface area contributed by atoms with E-state index in [0.717, 1.165) is 45.7 Å². The number of piperidine rings is 1. The number of aryl methyl sites for hydroxylation is 1. The van der Waals surface area contributed by atoms with Gasteiger partial charge in [0.15, 0.2) is 0 Å². The minimum absolute atomic E-state index is 0.0670. The van der Waals surface area contributed by atoms with Crippen molar-refractivity contribution in [3.63, 3.8) is 0 Å². The molecular formula is C17H26N4O3. The standard InChI is InChI=1S/C17H26N4O3/c1-14-11-16(18-12-15(14)21(22)23)19-13-17(5-9-24-10-6-17)20-7-3-2-4-8-20/h11-12H,2-10,13H2,1H3,(H,18,19). The van der Waals surface area contributed by atoms with Gasteiger partial charge in [0, 0.05) is 30.9 Å². The van der Waals surface area contributed by atoms with Crippen LogP contribution in [0.4, 0.5) is 11.5 Å². The molecule has 3 rings (SSSR count).